The van der Waals surface area contributed by atoms with E-state index in [1.807, 2.05) is 0 Å². The molecule has 0 atom stereocenters. The van der Waals surface area contributed by atoms with Crippen LogP contribution in [0.2, 0.25) is 0 Å². The summed E-state index contributed by atoms with van der Waals surface area (Å²) >= 11 is 0. The number of carbonyl (C=O) groups excluding carboxylic acids is 3. The number of nitrogens with zero attached hydrogens (tertiary/aromatic N) is 1. The number of hydrogen-bond donors (Lipinski definition) is 5. The van der Waals surface area contributed by atoms with E-state index in [1.54, 1.807) is 0 Å². The SMILES string of the molecule is CNC(=O)c1[nH]cnc1C(=O)Nc1ccc(NC(=O)c2c(N)cccc2F)cc1. The number of H-pyrrole nitrogens is 1. The molecule has 0 saturated heterocycles. The summed E-state index contributed by atoms with van der Waals surface area (Å²) in [5, 5.41) is 7.55. The highest BCUT2D eigenvalue weighted by Gasteiger charge is 2.20. The Morgan fingerprint density at radius 2 is 1.59 bits per heavy atom. The van der Waals surface area contributed by atoms with Crippen molar-refractivity contribution >= 4 is 34.8 Å². The molecule has 148 valence electrons. The highest BCUT2D eigenvalue weighted by molar-refractivity contribution is 6.10. The van der Waals surface area contributed by atoms with Crippen LogP contribution in [0.4, 0.5) is 21.5 Å². The lowest BCUT2D eigenvalue weighted by molar-refractivity contribution is 0.0943. The molecule has 0 radical (unpaired) electrons. The Kier molecular flexibility index (Phi) is 5.54. The second-order valence-corrected chi connectivity index (χ2v) is 5.89. The zero-order valence-corrected chi connectivity index (χ0v) is 15.2. The van der Waals surface area contributed by atoms with Crippen molar-refractivity contribution in [1.82, 2.24) is 15.3 Å². The average molecular weight is 396 g/mol. The van der Waals surface area contributed by atoms with E-state index in [-0.39, 0.29) is 22.6 Å². The zero-order chi connectivity index (χ0) is 21.0. The lowest BCUT2D eigenvalue weighted by Gasteiger charge is -2.10. The third kappa shape index (κ3) is 4.21. The molecule has 3 aromatic rings. The number of rotatable bonds is 5. The van der Waals surface area contributed by atoms with E-state index in [0.29, 0.717) is 11.4 Å². The van der Waals surface area contributed by atoms with Crippen molar-refractivity contribution < 1.29 is 18.8 Å². The van der Waals surface area contributed by atoms with Crippen molar-refractivity contribution in [3.63, 3.8) is 0 Å². The summed E-state index contributed by atoms with van der Waals surface area (Å²) in [7, 11) is 1.44. The van der Waals surface area contributed by atoms with Crippen LogP contribution in [-0.2, 0) is 0 Å². The first-order chi connectivity index (χ1) is 13.9. The van der Waals surface area contributed by atoms with Crippen LogP contribution in [0.3, 0.4) is 0 Å². The molecule has 1 heterocycles. The van der Waals surface area contributed by atoms with Crippen LogP contribution in [0.15, 0.2) is 48.8 Å². The second-order valence-electron chi connectivity index (χ2n) is 5.89. The van der Waals surface area contributed by atoms with Gasteiger partial charge in [-0.2, -0.15) is 0 Å². The molecule has 2 aromatic carbocycles. The average Bonchev–Trinajstić information content (AvgIpc) is 3.19. The number of aromatic nitrogens is 2. The van der Waals surface area contributed by atoms with Crippen LogP contribution in [0.25, 0.3) is 0 Å². The van der Waals surface area contributed by atoms with E-state index in [1.165, 1.54) is 49.8 Å². The minimum atomic E-state index is -0.725. The number of halogens is 1. The minimum absolute atomic E-state index is 0.0253. The fraction of sp³-hybridized carbons (Fsp3) is 0.0526. The summed E-state index contributed by atoms with van der Waals surface area (Å²) in [4.78, 5) is 42.8. The van der Waals surface area contributed by atoms with Gasteiger partial charge in [-0.15, -0.1) is 0 Å². The quantitative estimate of drug-likeness (QED) is 0.419. The largest absolute Gasteiger partial charge is 0.398 e. The number of nitrogens with one attached hydrogen (secondary N) is 4. The molecular formula is C19H17FN6O3. The maximum atomic E-state index is 13.8. The van der Waals surface area contributed by atoms with Crippen molar-refractivity contribution in [3.05, 3.63) is 71.6 Å². The van der Waals surface area contributed by atoms with Gasteiger partial charge < -0.3 is 26.7 Å². The topological polar surface area (TPSA) is 142 Å². The van der Waals surface area contributed by atoms with E-state index in [4.69, 9.17) is 5.73 Å². The lowest BCUT2D eigenvalue weighted by Crippen LogP contribution is -2.23. The number of imidazole rings is 1. The summed E-state index contributed by atoms with van der Waals surface area (Å²) < 4.78 is 13.8. The summed E-state index contributed by atoms with van der Waals surface area (Å²) in [5.74, 6) is -2.47. The third-order valence-electron chi connectivity index (χ3n) is 3.98. The predicted octanol–water partition coefficient (Wildman–Crippen LogP) is 2.00. The van der Waals surface area contributed by atoms with Crippen molar-refractivity contribution in [2.75, 3.05) is 23.4 Å². The number of nitrogens with two attached hydrogens (primary N) is 1. The molecule has 6 N–H and O–H groups in total. The molecular weight excluding hydrogens is 379 g/mol. The van der Waals surface area contributed by atoms with Crippen LogP contribution in [0, 0.1) is 5.82 Å². The Morgan fingerprint density at radius 1 is 0.966 bits per heavy atom. The van der Waals surface area contributed by atoms with Gasteiger partial charge in [0.15, 0.2) is 5.69 Å². The third-order valence-corrected chi connectivity index (χ3v) is 3.98. The molecule has 29 heavy (non-hydrogen) atoms. The van der Waals surface area contributed by atoms with Gasteiger partial charge in [-0.25, -0.2) is 9.37 Å². The van der Waals surface area contributed by atoms with E-state index in [2.05, 4.69) is 25.9 Å². The maximum Gasteiger partial charge on any atom is 0.276 e. The molecule has 1 aromatic heterocycles. The van der Waals surface area contributed by atoms with E-state index < -0.39 is 23.5 Å². The van der Waals surface area contributed by atoms with Gasteiger partial charge in [0.2, 0.25) is 0 Å². The van der Waals surface area contributed by atoms with Gasteiger partial charge in [-0.05, 0) is 36.4 Å². The van der Waals surface area contributed by atoms with Crippen LogP contribution in [0.1, 0.15) is 31.3 Å². The highest BCUT2D eigenvalue weighted by Crippen LogP contribution is 2.19. The van der Waals surface area contributed by atoms with Crippen LogP contribution in [0.5, 0.6) is 0 Å². The van der Waals surface area contributed by atoms with Gasteiger partial charge >= 0.3 is 0 Å². The summed E-state index contributed by atoms with van der Waals surface area (Å²) in [6.45, 7) is 0. The molecule has 0 fully saturated rings. The van der Waals surface area contributed by atoms with Crippen LogP contribution >= 0.6 is 0 Å². The first-order valence-corrected chi connectivity index (χ1v) is 8.43. The standard InChI is InChI=1S/C19H17FN6O3/c1-22-18(28)15-16(24-9-23-15)19(29)26-11-7-5-10(6-8-11)25-17(27)14-12(20)3-2-4-13(14)21/h2-9H,21H2,1H3,(H,22,28)(H,23,24)(H,25,27)(H,26,29). The van der Waals surface area contributed by atoms with Crippen molar-refractivity contribution in [1.29, 1.82) is 0 Å². The summed E-state index contributed by atoms with van der Waals surface area (Å²) in [6.07, 6.45) is 1.24. The van der Waals surface area contributed by atoms with E-state index in [0.717, 1.165) is 6.07 Å². The number of carbonyl (C=O) groups is 3. The number of aromatic amines is 1. The molecule has 0 saturated carbocycles. The number of nitrogen functional groups attached to an aromatic ring is 1. The first-order valence-electron chi connectivity index (χ1n) is 8.43. The maximum absolute atomic E-state index is 13.8. The minimum Gasteiger partial charge on any atom is -0.398 e. The molecule has 0 unspecified atom stereocenters. The van der Waals surface area contributed by atoms with Gasteiger partial charge in [-0.3, -0.25) is 14.4 Å². The first kappa shape index (κ1) is 19.5. The monoisotopic (exact) mass is 396 g/mol. The van der Waals surface area contributed by atoms with Gasteiger partial charge in [0, 0.05) is 24.1 Å². The fourth-order valence-electron chi connectivity index (χ4n) is 2.57. The molecule has 0 spiro atoms. The number of anilines is 3. The zero-order valence-electron chi connectivity index (χ0n) is 15.2. The van der Waals surface area contributed by atoms with E-state index >= 15 is 0 Å². The molecule has 0 aliphatic rings. The Hall–Kier alpha value is -4.21. The Bertz CT molecular complexity index is 1060. The molecule has 0 bridgehead atoms. The Morgan fingerprint density at radius 3 is 2.17 bits per heavy atom. The molecule has 9 nitrogen and oxygen atoms in total. The normalized spacial score (nSPS) is 10.3. The number of hydrogen-bond acceptors (Lipinski definition) is 5. The van der Waals surface area contributed by atoms with Gasteiger partial charge in [-0.1, -0.05) is 6.07 Å². The Labute approximate surface area is 164 Å². The number of amides is 3. The molecule has 3 amide bonds. The smallest absolute Gasteiger partial charge is 0.276 e. The Balaban J connectivity index is 1.69. The van der Waals surface area contributed by atoms with Gasteiger partial charge in [0.05, 0.1) is 11.9 Å². The van der Waals surface area contributed by atoms with Crippen molar-refractivity contribution in [2.45, 2.75) is 0 Å². The van der Waals surface area contributed by atoms with E-state index in [9.17, 15) is 18.8 Å². The molecule has 10 heteroatoms. The van der Waals surface area contributed by atoms with Crippen LogP contribution < -0.4 is 21.7 Å². The highest BCUT2D eigenvalue weighted by atomic mass is 19.1. The summed E-state index contributed by atoms with van der Waals surface area (Å²) in [6, 6.07) is 10.1. The summed E-state index contributed by atoms with van der Waals surface area (Å²) in [5.41, 5.74) is 6.20. The lowest BCUT2D eigenvalue weighted by atomic mass is 10.1. The fourth-order valence-corrected chi connectivity index (χ4v) is 2.57. The van der Waals surface area contributed by atoms with Gasteiger partial charge in [0.1, 0.15) is 11.5 Å². The van der Waals surface area contributed by atoms with Crippen molar-refractivity contribution in [2.24, 2.45) is 0 Å². The van der Waals surface area contributed by atoms with Crippen LogP contribution in [-0.4, -0.2) is 34.7 Å². The predicted molar refractivity (Wildman–Crippen MR) is 105 cm³/mol. The molecule has 0 aliphatic heterocycles. The number of benzene rings is 2. The molecule has 0 aliphatic carbocycles. The second kappa shape index (κ2) is 8.21. The molecule has 3 rings (SSSR count). The van der Waals surface area contributed by atoms with Crippen molar-refractivity contribution in [3.8, 4) is 0 Å². The van der Waals surface area contributed by atoms with Gasteiger partial charge in [0.25, 0.3) is 17.7 Å².